The fourth-order valence-electron chi connectivity index (χ4n) is 1.60. The molecule has 0 aliphatic rings. The molecule has 1 aromatic heterocycles. The molecule has 3 heteroatoms. The molecule has 0 saturated heterocycles. The fourth-order valence-corrected chi connectivity index (χ4v) is 1.60. The van der Waals surface area contributed by atoms with E-state index >= 15 is 0 Å². The van der Waals surface area contributed by atoms with Crippen molar-refractivity contribution in [2.45, 2.75) is 20.0 Å². The molecule has 1 heterocycles. The number of rotatable bonds is 3. The van der Waals surface area contributed by atoms with Gasteiger partial charge in [-0.1, -0.05) is 12.1 Å². The van der Waals surface area contributed by atoms with Gasteiger partial charge in [0.15, 0.2) is 0 Å². The van der Waals surface area contributed by atoms with Crippen LogP contribution in [0.1, 0.15) is 19.4 Å². The average molecular weight is 238 g/mol. The van der Waals surface area contributed by atoms with E-state index in [1.165, 1.54) is 0 Å². The van der Waals surface area contributed by atoms with Crippen LogP contribution in [-0.2, 0) is 0 Å². The molecule has 2 aromatic rings. The van der Waals surface area contributed by atoms with Gasteiger partial charge in [-0.05, 0) is 37.6 Å². The standard InChI is InChI=1S/C15H14N2O/c1-11(2)18-15-8-7-14(10-17-15)13-5-3-12(9-16)4-6-13/h3-8,10-11H,1-2H3. The Balaban J connectivity index is 2.20. The van der Waals surface area contributed by atoms with Crippen LogP contribution in [0.4, 0.5) is 0 Å². The summed E-state index contributed by atoms with van der Waals surface area (Å²) in [6.45, 7) is 3.94. The Morgan fingerprint density at radius 3 is 2.22 bits per heavy atom. The van der Waals surface area contributed by atoms with Gasteiger partial charge >= 0.3 is 0 Å². The van der Waals surface area contributed by atoms with E-state index in [2.05, 4.69) is 11.1 Å². The van der Waals surface area contributed by atoms with Crippen LogP contribution in [0.2, 0.25) is 0 Å². The Morgan fingerprint density at radius 1 is 1.06 bits per heavy atom. The zero-order valence-electron chi connectivity index (χ0n) is 10.4. The first-order valence-electron chi connectivity index (χ1n) is 5.82. The molecule has 2 rings (SSSR count). The molecule has 0 bridgehead atoms. The molecule has 0 spiro atoms. The summed E-state index contributed by atoms with van der Waals surface area (Å²) in [5.74, 6) is 0.627. The summed E-state index contributed by atoms with van der Waals surface area (Å²) in [4.78, 5) is 4.25. The van der Waals surface area contributed by atoms with Crippen molar-refractivity contribution >= 4 is 0 Å². The van der Waals surface area contributed by atoms with Gasteiger partial charge in [0.25, 0.3) is 0 Å². The van der Waals surface area contributed by atoms with Crippen molar-refractivity contribution < 1.29 is 4.74 Å². The minimum atomic E-state index is 0.123. The Labute approximate surface area is 107 Å². The highest BCUT2D eigenvalue weighted by Crippen LogP contribution is 2.21. The van der Waals surface area contributed by atoms with Crippen molar-refractivity contribution in [2.75, 3.05) is 0 Å². The van der Waals surface area contributed by atoms with Gasteiger partial charge in [-0.3, -0.25) is 0 Å². The number of pyridine rings is 1. The van der Waals surface area contributed by atoms with Crippen LogP contribution in [0.25, 0.3) is 11.1 Å². The van der Waals surface area contributed by atoms with Crippen LogP contribution >= 0.6 is 0 Å². The van der Waals surface area contributed by atoms with Crippen molar-refractivity contribution in [2.24, 2.45) is 0 Å². The first kappa shape index (κ1) is 12.1. The molecule has 18 heavy (non-hydrogen) atoms. The molecule has 90 valence electrons. The van der Waals surface area contributed by atoms with E-state index in [-0.39, 0.29) is 6.10 Å². The van der Waals surface area contributed by atoms with Crippen molar-refractivity contribution in [3.8, 4) is 23.1 Å². The lowest BCUT2D eigenvalue weighted by molar-refractivity contribution is 0.232. The summed E-state index contributed by atoms with van der Waals surface area (Å²) < 4.78 is 5.49. The molecule has 0 aliphatic heterocycles. The lowest BCUT2D eigenvalue weighted by atomic mass is 10.1. The highest BCUT2D eigenvalue weighted by molar-refractivity contribution is 5.63. The van der Waals surface area contributed by atoms with E-state index < -0.39 is 0 Å². The first-order valence-corrected chi connectivity index (χ1v) is 5.82. The van der Waals surface area contributed by atoms with Gasteiger partial charge in [-0.25, -0.2) is 4.98 Å². The maximum absolute atomic E-state index is 8.74. The molecule has 0 amide bonds. The van der Waals surface area contributed by atoms with Gasteiger partial charge in [0, 0.05) is 17.8 Å². The van der Waals surface area contributed by atoms with Crippen molar-refractivity contribution in [3.05, 3.63) is 48.2 Å². The summed E-state index contributed by atoms with van der Waals surface area (Å²) >= 11 is 0. The molecule has 0 atom stereocenters. The molecule has 0 radical (unpaired) electrons. The zero-order valence-corrected chi connectivity index (χ0v) is 10.4. The molecule has 0 aliphatic carbocycles. The van der Waals surface area contributed by atoms with Crippen LogP contribution < -0.4 is 4.74 Å². The van der Waals surface area contributed by atoms with E-state index in [9.17, 15) is 0 Å². The predicted molar refractivity (Wildman–Crippen MR) is 70.2 cm³/mol. The number of aromatic nitrogens is 1. The summed E-state index contributed by atoms with van der Waals surface area (Å²) in [5, 5.41) is 8.74. The third-order valence-corrected chi connectivity index (χ3v) is 2.44. The molecular weight excluding hydrogens is 224 g/mol. The average Bonchev–Trinajstić information content (AvgIpc) is 2.39. The topological polar surface area (TPSA) is 45.9 Å². The van der Waals surface area contributed by atoms with Gasteiger partial charge in [-0.15, -0.1) is 0 Å². The largest absolute Gasteiger partial charge is 0.475 e. The van der Waals surface area contributed by atoms with E-state index in [1.54, 1.807) is 18.3 Å². The molecule has 0 fully saturated rings. The molecule has 0 N–H and O–H groups in total. The molecule has 0 saturated carbocycles. The number of ether oxygens (including phenoxy) is 1. The maximum atomic E-state index is 8.74. The van der Waals surface area contributed by atoms with Crippen LogP contribution in [0.5, 0.6) is 5.88 Å². The lowest BCUT2D eigenvalue weighted by Crippen LogP contribution is -2.06. The molecular formula is C15H14N2O. The monoisotopic (exact) mass is 238 g/mol. The molecule has 3 nitrogen and oxygen atoms in total. The predicted octanol–water partition coefficient (Wildman–Crippen LogP) is 3.41. The van der Waals surface area contributed by atoms with E-state index in [4.69, 9.17) is 10.00 Å². The minimum Gasteiger partial charge on any atom is -0.475 e. The Hall–Kier alpha value is -2.34. The third kappa shape index (κ3) is 2.86. The van der Waals surface area contributed by atoms with Crippen LogP contribution in [0, 0.1) is 11.3 Å². The van der Waals surface area contributed by atoms with Gasteiger partial charge in [0.2, 0.25) is 5.88 Å². The number of nitriles is 1. The maximum Gasteiger partial charge on any atom is 0.213 e. The van der Waals surface area contributed by atoms with Gasteiger partial charge in [0.1, 0.15) is 0 Å². The Kier molecular flexibility index (Phi) is 3.59. The zero-order chi connectivity index (χ0) is 13.0. The number of hydrogen-bond donors (Lipinski definition) is 0. The highest BCUT2D eigenvalue weighted by Gasteiger charge is 2.01. The quantitative estimate of drug-likeness (QED) is 0.823. The second-order valence-corrected chi connectivity index (χ2v) is 4.24. The van der Waals surface area contributed by atoms with Gasteiger partial charge in [-0.2, -0.15) is 5.26 Å². The van der Waals surface area contributed by atoms with Gasteiger partial charge in [0.05, 0.1) is 17.7 Å². The van der Waals surface area contributed by atoms with Crippen molar-refractivity contribution in [3.63, 3.8) is 0 Å². The number of benzene rings is 1. The fraction of sp³-hybridized carbons (Fsp3) is 0.200. The van der Waals surface area contributed by atoms with Crippen molar-refractivity contribution in [1.29, 1.82) is 5.26 Å². The lowest BCUT2D eigenvalue weighted by Gasteiger charge is -2.08. The second-order valence-electron chi connectivity index (χ2n) is 4.24. The van der Waals surface area contributed by atoms with Crippen LogP contribution in [-0.4, -0.2) is 11.1 Å². The first-order chi connectivity index (χ1) is 8.69. The number of hydrogen-bond acceptors (Lipinski definition) is 3. The third-order valence-electron chi connectivity index (χ3n) is 2.44. The van der Waals surface area contributed by atoms with Crippen LogP contribution in [0.3, 0.4) is 0 Å². The summed E-state index contributed by atoms with van der Waals surface area (Å²) in [5.41, 5.74) is 2.71. The van der Waals surface area contributed by atoms with E-state index in [0.717, 1.165) is 11.1 Å². The van der Waals surface area contributed by atoms with Crippen molar-refractivity contribution in [1.82, 2.24) is 4.98 Å². The number of nitrogens with zero attached hydrogens (tertiary/aromatic N) is 2. The Bertz CT molecular complexity index is 551. The van der Waals surface area contributed by atoms with Crippen LogP contribution in [0.15, 0.2) is 42.6 Å². The SMILES string of the molecule is CC(C)Oc1ccc(-c2ccc(C#N)cc2)cn1. The summed E-state index contributed by atoms with van der Waals surface area (Å²) in [7, 11) is 0. The molecule has 0 unspecified atom stereocenters. The van der Waals surface area contributed by atoms with E-state index in [0.29, 0.717) is 11.4 Å². The van der Waals surface area contributed by atoms with E-state index in [1.807, 2.05) is 38.1 Å². The van der Waals surface area contributed by atoms with Gasteiger partial charge < -0.3 is 4.74 Å². The normalized spacial score (nSPS) is 10.1. The Morgan fingerprint density at radius 2 is 1.72 bits per heavy atom. The summed E-state index contributed by atoms with van der Waals surface area (Å²) in [6, 6.07) is 13.3. The minimum absolute atomic E-state index is 0.123. The second kappa shape index (κ2) is 5.33. The smallest absolute Gasteiger partial charge is 0.213 e. The summed E-state index contributed by atoms with van der Waals surface area (Å²) in [6.07, 6.45) is 1.90. The highest BCUT2D eigenvalue weighted by atomic mass is 16.5. The molecule has 1 aromatic carbocycles.